The summed E-state index contributed by atoms with van der Waals surface area (Å²) in [6.07, 6.45) is 2.46. The van der Waals surface area contributed by atoms with Crippen LogP contribution in [0.5, 0.6) is 0 Å². The molecule has 2 aromatic rings. The van der Waals surface area contributed by atoms with E-state index in [0.29, 0.717) is 6.42 Å². The molecule has 18 heavy (non-hydrogen) atoms. The first-order valence-electron chi connectivity index (χ1n) is 5.56. The van der Waals surface area contributed by atoms with Crippen molar-refractivity contribution in [3.8, 4) is 11.1 Å². The fraction of sp³-hybridized carbons (Fsp3) is 0.231. The molecular formula is C13H13BrN2O2. The summed E-state index contributed by atoms with van der Waals surface area (Å²) in [5, 5.41) is 13.1. The van der Waals surface area contributed by atoms with Gasteiger partial charge in [-0.2, -0.15) is 5.10 Å². The molecular weight excluding hydrogens is 296 g/mol. The van der Waals surface area contributed by atoms with Gasteiger partial charge in [-0.1, -0.05) is 28.1 Å². The van der Waals surface area contributed by atoms with E-state index in [1.165, 1.54) is 0 Å². The van der Waals surface area contributed by atoms with Gasteiger partial charge in [0.05, 0.1) is 12.1 Å². The summed E-state index contributed by atoms with van der Waals surface area (Å²) < 4.78 is 2.73. The van der Waals surface area contributed by atoms with Crippen LogP contribution in [0.1, 0.15) is 12.1 Å². The van der Waals surface area contributed by atoms with Gasteiger partial charge in [0.2, 0.25) is 0 Å². The summed E-state index contributed by atoms with van der Waals surface area (Å²) in [6, 6.07) is 7.91. The minimum Gasteiger partial charge on any atom is -0.481 e. The SMILES string of the molecule is Cn1cc(-c2ccc(Br)cc2)c(CCC(=O)O)n1. The molecule has 1 aromatic carbocycles. The Morgan fingerprint density at radius 1 is 1.39 bits per heavy atom. The lowest BCUT2D eigenvalue weighted by Crippen LogP contribution is -1.99. The minimum atomic E-state index is -0.803. The third kappa shape index (κ3) is 2.98. The molecule has 1 N–H and O–H groups in total. The van der Waals surface area contributed by atoms with Gasteiger partial charge in [0.15, 0.2) is 0 Å². The van der Waals surface area contributed by atoms with E-state index in [-0.39, 0.29) is 6.42 Å². The van der Waals surface area contributed by atoms with Gasteiger partial charge >= 0.3 is 5.97 Å². The smallest absolute Gasteiger partial charge is 0.303 e. The number of carboxylic acid groups (broad SMARTS) is 1. The number of aliphatic carboxylic acids is 1. The maximum Gasteiger partial charge on any atom is 0.303 e. The molecule has 0 aliphatic rings. The highest BCUT2D eigenvalue weighted by molar-refractivity contribution is 9.10. The Kier molecular flexibility index (Phi) is 3.81. The summed E-state index contributed by atoms with van der Waals surface area (Å²) in [5.74, 6) is -0.803. The van der Waals surface area contributed by atoms with Crippen LogP contribution in [0.2, 0.25) is 0 Å². The Labute approximate surface area is 113 Å². The van der Waals surface area contributed by atoms with Crippen LogP contribution in [0.15, 0.2) is 34.9 Å². The highest BCUT2D eigenvalue weighted by Crippen LogP contribution is 2.25. The molecule has 4 nitrogen and oxygen atoms in total. The van der Waals surface area contributed by atoms with Crippen molar-refractivity contribution in [2.45, 2.75) is 12.8 Å². The highest BCUT2D eigenvalue weighted by atomic mass is 79.9. The standard InChI is InChI=1S/C13H13BrN2O2/c1-16-8-11(9-2-4-10(14)5-3-9)12(15-16)6-7-13(17)18/h2-5,8H,6-7H2,1H3,(H,17,18). The molecule has 0 saturated carbocycles. The summed E-state index contributed by atoms with van der Waals surface area (Å²) in [4.78, 5) is 10.6. The van der Waals surface area contributed by atoms with E-state index in [9.17, 15) is 4.79 Å². The van der Waals surface area contributed by atoms with Crippen molar-refractivity contribution in [2.24, 2.45) is 7.05 Å². The second kappa shape index (κ2) is 5.35. The number of halogens is 1. The van der Waals surface area contributed by atoms with Crippen molar-refractivity contribution in [3.05, 3.63) is 40.6 Å². The van der Waals surface area contributed by atoms with Crippen molar-refractivity contribution in [1.82, 2.24) is 9.78 Å². The zero-order valence-corrected chi connectivity index (χ0v) is 11.5. The Morgan fingerprint density at radius 3 is 2.67 bits per heavy atom. The van der Waals surface area contributed by atoms with E-state index >= 15 is 0 Å². The molecule has 0 aliphatic carbocycles. The molecule has 0 saturated heterocycles. The van der Waals surface area contributed by atoms with Gasteiger partial charge in [-0.25, -0.2) is 0 Å². The zero-order chi connectivity index (χ0) is 13.1. The third-order valence-electron chi connectivity index (χ3n) is 2.64. The lowest BCUT2D eigenvalue weighted by molar-refractivity contribution is -0.136. The lowest BCUT2D eigenvalue weighted by Gasteiger charge is -2.01. The molecule has 0 unspecified atom stereocenters. The van der Waals surface area contributed by atoms with Gasteiger partial charge < -0.3 is 5.11 Å². The fourth-order valence-corrected chi connectivity index (χ4v) is 2.08. The number of hydrogen-bond acceptors (Lipinski definition) is 2. The van der Waals surface area contributed by atoms with E-state index in [1.807, 2.05) is 37.5 Å². The molecule has 0 amide bonds. The van der Waals surface area contributed by atoms with Crippen molar-refractivity contribution in [3.63, 3.8) is 0 Å². The normalized spacial score (nSPS) is 10.6. The molecule has 2 rings (SSSR count). The summed E-state index contributed by atoms with van der Waals surface area (Å²) >= 11 is 3.39. The number of rotatable bonds is 4. The largest absolute Gasteiger partial charge is 0.481 e. The first-order valence-corrected chi connectivity index (χ1v) is 6.36. The predicted octanol–water partition coefficient (Wildman–Crippen LogP) is 2.87. The minimum absolute atomic E-state index is 0.0978. The highest BCUT2D eigenvalue weighted by Gasteiger charge is 2.11. The predicted molar refractivity (Wildman–Crippen MR) is 72.3 cm³/mol. The van der Waals surface area contributed by atoms with Crippen LogP contribution < -0.4 is 0 Å². The number of aryl methyl sites for hydroxylation is 2. The number of aromatic nitrogens is 2. The van der Waals surface area contributed by atoms with Gasteiger partial charge in [-0.05, 0) is 17.7 Å². The molecule has 1 heterocycles. The number of hydrogen-bond donors (Lipinski definition) is 1. The third-order valence-corrected chi connectivity index (χ3v) is 3.16. The van der Waals surface area contributed by atoms with Gasteiger partial charge in [0.1, 0.15) is 0 Å². The van der Waals surface area contributed by atoms with Crippen LogP contribution >= 0.6 is 15.9 Å². The van der Waals surface area contributed by atoms with Crippen LogP contribution in [-0.4, -0.2) is 20.9 Å². The van der Waals surface area contributed by atoms with Crippen LogP contribution in [0.25, 0.3) is 11.1 Å². The van der Waals surface area contributed by atoms with Crippen molar-refractivity contribution >= 4 is 21.9 Å². The summed E-state index contributed by atoms with van der Waals surface area (Å²) in [5.41, 5.74) is 2.86. The molecule has 0 aliphatic heterocycles. The Bertz CT molecular complexity index is 561. The van der Waals surface area contributed by atoms with Crippen LogP contribution in [-0.2, 0) is 18.3 Å². The molecule has 94 valence electrons. The monoisotopic (exact) mass is 308 g/mol. The first kappa shape index (κ1) is 12.8. The van der Waals surface area contributed by atoms with Gasteiger partial charge in [-0.3, -0.25) is 9.48 Å². The van der Waals surface area contributed by atoms with Crippen molar-refractivity contribution in [2.75, 3.05) is 0 Å². The molecule has 5 heteroatoms. The molecule has 0 spiro atoms. The first-order chi connectivity index (χ1) is 8.56. The Hall–Kier alpha value is -1.62. The van der Waals surface area contributed by atoms with Gasteiger partial charge in [-0.15, -0.1) is 0 Å². The van der Waals surface area contributed by atoms with E-state index in [1.54, 1.807) is 4.68 Å². The van der Waals surface area contributed by atoms with Gasteiger partial charge in [0, 0.05) is 29.7 Å². The van der Waals surface area contributed by atoms with E-state index in [0.717, 1.165) is 21.3 Å². The molecule has 0 radical (unpaired) electrons. The zero-order valence-electron chi connectivity index (χ0n) is 9.93. The topological polar surface area (TPSA) is 55.1 Å². The Morgan fingerprint density at radius 2 is 2.06 bits per heavy atom. The Balaban J connectivity index is 2.31. The molecule has 0 atom stereocenters. The van der Waals surface area contributed by atoms with Crippen molar-refractivity contribution < 1.29 is 9.90 Å². The average Bonchev–Trinajstić information content (AvgIpc) is 2.69. The van der Waals surface area contributed by atoms with Crippen LogP contribution in [0, 0.1) is 0 Å². The maximum atomic E-state index is 10.6. The summed E-state index contributed by atoms with van der Waals surface area (Å²) in [6.45, 7) is 0. The average molecular weight is 309 g/mol. The molecule has 0 fully saturated rings. The van der Waals surface area contributed by atoms with E-state index in [2.05, 4.69) is 21.0 Å². The second-order valence-electron chi connectivity index (χ2n) is 4.06. The second-order valence-corrected chi connectivity index (χ2v) is 4.98. The molecule has 1 aromatic heterocycles. The van der Waals surface area contributed by atoms with E-state index in [4.69, 9.17) is 5.11 Å². The number of carbonyl (C=O) groups is 1. The van der Waals surface area contributed by atoms with Crippen LogP contribution in [0.4, 0.5) is 0 Å². The number of carboxylic acids is 1. The van der Waals surface area contributed by atoms with E-state index < -0.39 is 5.97 Å². The number of nitrogens with zero attached hydrogens (tertiary/aromatic N) is 2. The molecule has 0 bridgehead atoms. The lowest BCUT2D eigenvalue weighted by atomic mass is 10.0. The van der Waals surface area contributed by atoms with Gasteiger partial charge in [0.25, 0.3) is 0 Å². The van der Waals surface area contributed by atoms with Crippen molar-refractivity contribution in [1.29, 1.82) is 0 Å². The number of benzene rings is 1. The quantitative estimate of drug-likeness (QED) is 0.945. The fourth-order valence-electron chi connectivity index (χ4n) is 1.82. The van der Waals surface area contributed by atoms with Crippen LogP contribution in [0.3, 0.4) is 0 Å². The maximum absolute atomic E-state index is 10.6. The summed E-state index contributed by atoms with van der Waals surface area (Å²) in [7, 11) is 1.84.